The minimum absolute atomic E-state index is 0.185. The normalized spacial score (nSPS) is 18.1. The fourth-order valence-electron chi connectivity index (χ4n) is 4.03. The van der Waals surface area contributed by atoms with Crippen LogP contribution in [0.4, 0.5) is 5.69 Å². The molecule has 3 heterocycles. The van der Waals surface area contributed by atoms with Crippen molar-refractivity contribution in [3.05, 3.63) is 46.3 Å². The second-order valence-electron chi connectivity index (χ2n) is 7.56. The molecule has 4 rings (SSSR count). The number of nitrogens with one attached hydrogen (secondary N) is 3. The molecular weight excluding hydrogens is 402 g/mol. The van der Waals surface area contributed by atoms with Gasteiger partial charge in [0.1, 0.15) is 17.4 Å². The molecule has 2 aliphatic rings. The van der Waals surface area contributed by atoms with Gasteiger partial charge in [0, 0.05) is 36.7 Å². The quantitative estimate of drug-likeness (QED) is 0.487. The second kappa shape index (κ2) is 7.78. The maximum atomic E-state index is 12.8. The lowest BCUT2D eigenvalue weighted by Crippen LogP contribution is -2.52. The predicted octanol–water partition coefficient (Wildman–Crippen LogP) is 1.19. The number of hydrogen-bond donors (Lipinski definition) is 3. The molecular formula is C21H21N5O5. The number of anilines is 1. The number of fused-ring (bicyclic) bond motifs is 1. The van der Waals surface area contributed by atoms with E-state index in [1.54, 1.807) is 18.2 Å². The van der Waals surface area contributed by atoms with Crippen LogP contribution >= 0.6 is 0 Å². The van der Waals surface area contributed by atoms with Gasteiger partial charge in [-0.1, -0.05) is 6.92 Å². The SMILES string of the molecule is CCc1c(C(C)=O)n[nH]c1C(=O)Nc1ccc2c(c1)CN(C1CCC(=O)NC1=O)C2=O. The number of imide groups is 1. The lowest BCUT2D eigenvalue weighted by Gasteiger charge is -2.29. The van der Waals surface area contributed by atoms with Gasteiger partial charge < -0.3 is 10.2 Å². The number of nitrogens with zero attached hydrogens (tertiary/aromatic N) is 2. The first-order valence-electron chi connectivity index (χ1n) is 9.97. The molecule has 2 aromatic rings. The highest BCUT2D eigenvalue weighted by Gasteiger charge is 2.39. The van der Waals surface area contributed by atoms with Crippen LogP contribution in [0.25, 0.3) is 0 Å². The summed E-state index contributed by atoms with van der Waals surface area (Å²) in [6, 6.07) is 4.20. The number of hydrogen-bond acceptors (Lipinski definition) is 6. The summed E-state index contributed by atoms with van der Waals surface area (Å²) in [7, 11) is 0. The number of ketones is 1. The third kappa shape index (κ3) is 3.60. The van der Waals surface area contributed by atoms with Crippen LogP contribution in [0.1, 0.15) is 69.2 Å². The maximum Gasteiger partial charge on any atom is 0.273 e. The Hall–Kier alpha value is -3.82. The molecule has 1 unspecified atom stereocenters. The van der Waals surface area contributed by atoms with Crippen LogP contribution < -0.4 is 10.6 Å². The van der Waals surface area contributed by atoms with Gasteiger partial charge in [-0.2, -0.15) is 5.10 Å². The minimum atomic E-state index is -0.697. The van der Waals surface area contributed by atoms with Gasteiger partial charge in [-0.05, 0) is 36.6 Å². The van der Waals surface area contributed by atoms with E-state index in [0.29, 0.717) is 28.8 Å². The highest BCUT2D eigenvalue weighted by atomic mass is 16.2. The van der Waals surface area contributed by atoms with Crippen molar-refractivity contribution in [2.24, 2.45) is 0 Å². The molecule has 1 fully saturated rings. The molecule has 0 aliphatic carbocycles. The van der Waals surface area contributed by atoms with E-state index in [9.17, 15) is 24.0 Å². The first-order chi connectivity index (χ1) is 14.8. The van der Waals surface area contributed by atoms with Crippen molar-refractivity contribution in [1.82, 2.24) is 20.4 Å². The number of amides is 4. The molecule has 10 heteroatoms. The van der Waals surface area contributed by atoms with Crippen molar-refractivity contribution in [1.29, 1.82) is 0 Å². The van der Waals surface area contributed by atoms with Crippen LogP contribution in [-0.2, 0) is 22.6 Å². The fraction of sp³-hybridized carbons (Fsp3) is 0.333. The zero-order chi connectivity index (χ0) is 22.3. The zero-order valence-corrected chi connectivity index (χ0v) is 17.1. The largest absolute Gasteiger partial charge is 0.322 e. The fourth-order valence-corrected chi connectivity index (χ4v) is 4.03. The third-order valence-corrected chi connectivity index (χ3v) is 5.56. The molecule has 160 valence electrons. The van der Waals surface area contributed by atoms with Gasteiger partial charge in [-0.15, -0.1) is 0 Å². The molecule has 10 nitrogen and oxygen atoms in total. The molecule has 31 heavy (non-hydrogen) atoms. The number of piperidine rings is 1. The van der Waals surface area contributed by atoms with Crippen molar-refractivity contribution >= 4 is 35.1 Å². The lowest BCUT2D eigenvalue weighted by atomic mass is 10.0. The first-order valence-corrected chi connectivity index (χ1v) is 9.97. The Morgan fingerprint density at radius 3 is 2.71 bits per heavy atom. The van der Waals surface area contributed by atoms with E-state index in [-0.39, 0.29) is 48.4 Å². The molecule has 1 aromatic carbocycles. The standard InChI is InChI=1S/C21H21N5O5/c1-3-13-17(10(2)27)24-25-18(13)20(30)22-12-4-5-14-11(8-12)9-26(21(14)31)15-6-7-16(28)23-19(15)29/h4-5,8,15H,3,6-7,9H2,1-2H3,(H,22,30)(H,24,25)(H,23,28,29). The summed E-state index contributed by atoms with van der Waals surface area (Å²) in [4.78, 5) is 62.1. The summed E-state index contributed by atoms with van der Waals surface area (Å²) >= 11 is 0. The summed E-state index contributed by atoms with van der Waals surface area (Å²) in [6.07, 6.45) is 0.934. The minimum Gasteiger partial charge on any atom is -0.322 e. The zero-order valence-electron chi connectivity index (χ0n) is 17.1. The Labute approximate surface area is 177 Å². The second-order valence-corrected chi connectivity index (χ2v) is 7.56. The predicted molar refractivity (Wildman–Crippen MR) is 108 cm³/mol. The number of aromatic amines is 1. The summed E-state index contributed by atoms with van der Waals surface area (Å²) in [6.45, 7) is 3.43. The van der Waals surface area contributed by atoms with Gasteiger partial charge in [0.05, 0.1) is 0 Å². The van der Waals surface area contributed by atoms with E-state index in [0.717, 1.165) is 0 Å². The molecule has 2 aliphatic heterocycles. The first kappa shape index (κ1) is 20.5. The van der Waals surface area contributed by atoms with Crippen LogP contribution in [0, 0.1) is 0 Å². The van der Waals surface area contributed by atoms with Crippen molar-refractivity contribution in [3.63, 3.8) is 0 Å². The van der Waals surface area contributed by atoms with Crippen molar-refractivity contribution in [2.45, 2.75) is 45.7 Å². The van der Waals surface area contributed by atoms with Crippen molar-refractivity contribution < 1.29 is 24.0 Å². The van der Waals surface area contributed by atoms with E-state index in [1.807, 2.05) is 6.92 Å². The molecule has 3 N–H and O–H groups in total. The Kier molecular flexibility index (Phi) is 5.14. The van der Waals surface area contributed by atoms with E-state index in [4.69, 9.17) is 0 Å². The van der Waals surface area contributed by atoms with E-state index in [1.165, 1.54) is 11.8 Å². The summed E-state index contributed by atoms with van der Waals surface area (Å²) < 4.78 is 0. The van der Waals surface area contributed by atoms with Crippen LogP contribution in [0.5, 0.6) is 0 Å². The Morgan fingerprint density at radius 2 is 2.03 bits per heavy atom. The number of carbonyl (C=O) groups excluding carboxylic acids is 5. The van der Waals surface area contributed by atoms with Crippen LogP contribution in [0.15, 0.2) is 18.2 Å². The Morgan fingerprint density at radius 1 is 1.26 bits per heavy atom. The molecule has 1 aromatic heterocycles. The number of H-pyrrole nitrogens is 1. The number of benzene rings is 1. The van der Waals surface area contributed by atoms with Gasteiger partial charge in [0.2, 0.25) is 11.8 Å². The monoisotopic (exact) mass is 423 g/mol. The number of carbonyl (C=O) groups is 5. The highest BCUT2D eigenvalue weighted by molar-refractivity contribution is 6.08. The van der Waals surface area contributed by atoms with Crippen LogP contribution in [0.2, 0.25) is 0 Å². The number of Topliss-reactive ketones (excluding diaryl/α,β-unsaturated/α-hetero) is 1. The Bertz CT molecular complexity index is 1140. The van der Waals surface area contributed by atoms with Crippen molar-refractivity contribution in [2.75, 3.05) is 5.32 Å². The van der Waals surface area contributed by atoms with Crippen LogP contribution in [-0.4, -0.2) is 50.6 Å². The van der Waals surface area contributed by atoms with E-state index >= 15 is 0 Å². The molecule has 0 saturated carbocycles. The van der Waals surface area contributed by atoms with E-state index < -0.39 is 17.9 Å². The average Bonchev–Trinajstić information content (AvgIpc) is 3.29. The lowest BCUT2D eigenvalue weighted by molar-refractivity contribution is -0.136. The van der Waals surface area contributed by atoms with Crippen molar-refractivity contribution in [3.8, 4) is 0 Å². The van der Waals surface area contributed by atoms with Crippen LogP contribution in [0.3, 0.4) is 0 Å². The molecule has 0 bridgehead atoms. The molecule has 1 atom stereocenters. The summed E-state index contributed by atoms with van der Waals surface area (Å²) in [5.74, 6) is -1.76. The van der Waals surface area contributed by atoms with Gasteiger partial charge in [0.25, 0.3) is 11.8 Å². The molecule has 1 saturated heterocycles. The van der Waals surface area contributed by atoms with Gasteiger partial charge >= 0.3 is 0 Å². The number of aromatic nitrogens is 2. The molecule has 0 spiro atoms. The topological polar surface area (TPSA) is 141 Å². The summed E-state index contributed by atoms with van der Waals surface area (Å²) in [5, 5.41) is 11.6. The van der Waals surface area contributed by atoms with Gasteiger partial charge in [-0.25, -0.2) is 0 Å². The van der Waals surface area contributed by atoms with Gasteiger partial charge in [0.15, 0.2) is 5.78 Å². The molecule has 4 amide bonds. The average molecular weight is 423 g/mol. The highest BCUT2D eigenvalue weighted by Crippen LogP contribution is 2.29. The van der Waals surface area contributed by atoms with E-state index in [2.05, 4.69) is 20.8 Å². The smallest absolute Gasteiger partial charge is 0.273 e. The maximum absolute atomic E-state index is 12.8. The third-order valence-electron chi connectivity index (χ3n) is 5.56. The van der Waals surface area contributed by atoms with Gasteiger partial charge in [-0.3, -0.25) is 34.4 Å². The number of rotatable bonds is 5. The molecule has 0 radical (unpaired) electrons. The summed E-state index contributed by atoms with van der Waals surface area (Å²) in [5.41, 5.74) is 2.62. The Balaban J connectivity index is 1.53.